The molecule has 0 spiro atoms. The summed E-state index contributed by atoms with van der Waals surface area (Å²) < 4.78 is 5.24. The van der Waals surface area contributed by atoms with E-state index >= 15 is 0 Å². The molecule has 14 heavy (non-hydrogen) atoms. The van der Waals surface area contributed by atoms with E-state index in [1.165, 1.54) is 0 Å². The maximum Gasteiger partial charge on any atom is 0.228 e. The highest BCUT2D eigenvalue weighted by atomic mass is 35.5. The van der Waals surface area contributed by atoms with E-state index in [4.69, 9.17) is 21.8 Å². The van der Waals surface area contributed by atoms with Crippen LogP contribution in [0.3, 0.4) is 0 Å². The predicted molar refractivity (Wildman–Crippen MR) is 56.1 cm³/mol. The van der Waals surface area contributed by atoms with Crippen LogP contribution in [-0.4, -0.2) is 4.98 Å². The number of hydrogen-bond acceptors (Lipinski definition) is 3. The largest absolute Gasteiger partial charge is 0.444 e. The molecule has 0 unspecified atom stereocenters. The monoisotopic (exact) mass is 208 g/mol. The quantitative estimate of drug-likeness (QED) is 0.734. The Hall–Kier alpha value is -1.48. The van der Waals surface area contributed by atoms with Gasteiger partial charge in [-0.1, -0.05) is 11.6 Å². The van der Waals surface area contributed by atoms with Gasteiger partial charge in [0.25, 0.3) is 0 Å². The molecule has 1 aromatic heterocycles. The number of anilines is 1. The van der Waals surface area contributed by atoms with Crippen molar-refractivity contribution in [3.05, 3.63) is 35.2 Å². The van der Waals surface area contributed by atoms with Crippen LogP contribution in [0.1, 0.15) is 5.69 Å². The summed E-state index contributed by atoms with van der Waals surface area (Å²) in [6.07, 6.45) is 1.58. The molecule has 0 aliphatic carbocycles. The minimum Gasteiger partial charge on any atom is -0.444 e. The lowest BCUT2D eigenvalue weighted by Gasteiger charge is -2.00. The Labute approximate surface area is 86.5 Å². The second-order valence-corrected chi connectivity index (χ2v) is 3.46. The fourth-order valence-electron chi connectivity index (χ4n) is 1.19. The molecule has 0 fully saturated rings. The third kappa shape index (κ3) is 1.59. The van der Waals surface area contributed by atoms with Crippen molar-refractivity contribution in [2.45, 2.75) is 6.92 Å². The molecule has 3 nitrogen and oxygen atoms in total. The zero-order valence-electron chi connectivity index (χ0n) is 7.62. The zero-order valence-corrected chi connectivity index (χ0v) is 8.38. The molecule has 0 amide bonds. The highest BCUT2D eigenvalue weighted by molar-refractivity contribution is 6.31. The van der Waals surface area contributed by atoms with Crippen molar-refractivity contribution < 1.29 is 4.42 Å². The number of nitrogens with two attached hydrogens (primary N) is 1. The van der Waals surface area contributed by atoms with Gasteiger partial charge in [0.2, 0.25) is 5.89 Å². The SMILES string of the molecule is Cc1coc(-c2cc(Cl)ccc2N)n1. The molecule has 0 aliphatic heterocycles. The van der Waals surface area contributed by atoms with Crippen molar-refractivity contribution in [2.75, 3.05) is 5.73 Å². The van der Waals surface area contributed by atoms with Gasteiger partial charge in [-0.2, -0.15) is 0 Å². The molecule has 0 radical (unpaired) electrons. The van der Waals surface area contributed by atoms with Crippen LogP contribution in [0.25, 0.3) is 11.5 Å². The first-order chi connectivity index (χ1) is 6.66. The van der Waals surface area contributed by atoms with Gasteiger partial charge in [-0.05, 0) is 25.1 Å². The van der Waals surface area contributed by atoms with Gasteiger partial charge >= 0.3 is 0 Å². The molecule has 2 aromatic rings. The van der Waals surface area contributed by atoms with E-state index in [1.807, 2.05) is 6.92 Å². The number of halogens is 1. The summed E-state index contributed by atoms with van der Waals surface area (Å²) in [5.74, 6) is 0.502. The molecule has 1 heterocycles. The number of nitrogen functional groups attached to an aromatic ring is 1. The van der Waals surface area contributed by atoms with Crippen LogP contribution in [0, 0.1) is 6.92 Å². The first-order valence-electron chi connectivity index (χ1n) is 4.14. The smallest absolute Gasteiger partial charge is 0.228 e. The summed E-state index contributed by atoms with van der Waals surface area (Å²) in [6, 6.07) is 5.20. The molecule has 0 saturated heterocycles. The van der Waals surface area contributed by atoms with Gasteiger partial charge in [-0.25, -0.2) is 4.98 Å². The van der Waals surface area contributed by atoms with Gasteiger partial charge in [0.05, 0.1) is 11.3 Å². The van der Waals surface area contributed by atoms with Crippen molar-refractivity contribution in [1.82, 2.24) is 4.98 Å². The zero-order chi connectivity index (χ0) is 10.1. The molecule has 0 saturated carbocycles. The van der Waals surface area contributed by atoms with Gasteiger partial charge in [0, 0.05) is 10.7 Å². The molecule has 4 heteroatoms. The van der Waals surface area contributed by atoms with Crippen molar-refractivity contribution in [2.24, 2.45) is 0 Å². The molecule has 72 valence electrons. The minimum absolute atomic E-state index is 0.502. The maximum absolute atomic E-state index is 5.85. The summed E-state index contributed by atoms with van der Waals surface area (Å²) in [7, 11) is 0. The standard InChI is InChI=1S/C10H9ClN2O/c1-6-5-14-10(13-6)8-4-7(11)2-3-9(8)12/h2-5H,12H2,1H3. The minimum atomic E-state index is 0.502. The van der Waals surface area contributed by atoms with Crippen LogP contribution in [0.4, 0.5) is 5.69 Å². The van der Waals surface area contributed by atoms with E-state index in [9.17, 15) is 0 Å². The van der Waals surface area contributed by atoms with Gasteiger partial charge in [0.15, 0.2) is 0 Å². The van der Waals surface area contributed by atoms with Crippen LogP contribution < -0.4 is 5.73 Å². The first kappa shape index (κ1) is 9.09. The maximum atomic E-state index is 5.85. The molecule has 1 aromatic carbocycles. The molecule has 2 rings (SSSR count). The Morgan fingerprint density at radius 3 is 2.86 bits per heavy atom. The van der Waals surface area contributed by atoms with Gasteiger partial charge in [-0.3, -0.25) is 0 Å². The molecule has 0 aliphatic rings. The number of rotatable bonds is 1. The van der Waals surface area contributed by atoms with E-state index < -0.39 is 0 Å². The Bertz CT molecular complexity index is 465. The number of benzene rings is 1. The molecule has 0 bridgehead atoms. The van der Waals surface area contributed by atoms with E-state index in [1.54, 1.807) is 24.5 Å². The molecule has 0 atom stereocenters. The summed E-state index contributed by atoms with van der Waals surface area (Å²) in [5, 5.41) is 0.616. The number of hydrogen-bond donors (Lipinski definition) is 1. The van der Waals surface area contributed by atoms with Crippen molar-refractivity contribution in [3.8, 4) is 11.5 Å². The topological polar surface area (TPSA) is 52.0 Å². The van der Waals surface area contributed by atoms with Gasteiger partial charge in [0.1, 0.15) is 6.26 Å². The Kier molecular flexibility index (Phi) is 2.17. The second-order valence-electron chi connectivity index (χ2n) is 3.03. The highest BCUT2D eigenvalue weighted by Gasteiger charge is 2.08. The number of nitrogens with zero attached hydrogens (tertiary/aromatic N) is 1. The van der Waals surface area contributed by atoms with Crippen LogP contribution in [0.2, 0.25) is 5.02 Å². The third-order valence-electron chi connectivity index (χ3n) is 1.86. The van der Waals surface area contributed by atoms with Gasteiger partial charge < -0.3 is 10.2 Å². The fourth-order valence-corrected chi connectivity index (χ4v) is 1.36. The van der Waals surface area contributed by atoms with Crippen LogP contribution in [0.5, 0.6) is 0 Å². The molecular formula is C10H9ClN2O. The lowest BCUT2D eigenvalue weighted by molar-refractivity contribution is 0.574. The fraction of sp³-hybridized carbons (Fsp3) is 0.100. The van der Waals surface area contributed by atoms with Crippen molar-refractivity contribution in [1.29, 1.82) is 0 Å². The van der Waals surface area contributed by atoms with Crippen LogP contribution in [0.15, 0.2) is 28.9 Å². The third-order valence-corrected chi connectivity index (χ3v) is 2.10. The molecule has 2 N–H and O–H groups in total. The van der Waals surface area contributed by atoms with E-state index in [2.05, 4.69) is 4.98 Å². The number of aromatic nitrogens is 1. The second kappa shape index (κ2) is 3.35. The normalized spacial score (nSPS) is 10.4. The van der Waals surface area contributed by atoms with Crippen LogP contribution >= 0.6 is 11.6 Å². The summed E-state index contributed by atoms with van der Waals surface area (Å²) in [4.78, 5) is 4.18. The Morgan fingerprint density at radius 2 is 2.21 bits per heavy atom. The summed E-state index contributed by atoms with van der Waals surface area (Å²) >= 11 is 5.85. The molecular weight excluding hydrogens is 200 g/mol. The first-order valence-corrected chi connectivity index (χ1v) is 4.52. The van der Waals surface area contributed by atoms with Crippen LogP contribution in [-0.2, 0) is 0 Å². The van der Waals surface area contributed by atoms with E-state index in [0.29, 0.717) is 16.6 Å². The Balaban J connectivity index is 2.55. The average Bonchev–Trinajstić information content (AvgIpc) is 2.56. The average molecular weight is 209 g/mol. The van der Waals surface area contributed by atoms with E-state index in [-0.39, 0.29) is 0 Å². The number of oxazole rings is 1. The summed E-state index contributed by atoms with van der Waals surface area (Å²) in [5.41, 5.74) is 7.93. The van der Waals surface area contributed by atoms with Crippen molar-refractivity contribution >= 4 is 17.3 Å². The Morgan fingerprint density at radius 1 is 1.43 bits per heavy atom. The van der Waals surface area contributed by atoms with Crippen molar-refractivity contribution in [3.63, 3.8) is 0 Å². The van der Waals surface area contributed by atoms with Gasteiger partial charge in [-0.15, -0.1) is 0 Å². The number of aryl methyl sites for hydroxylation is 1. The lowest BCUT2D eigenvalue weighted by atomic mass is 10.2. The predicted octanol–water partition coefficient (Wildman–Crippen LogP) is 2.89. The summed E-state index contributed by atoms with van der Waals surface area (Å²) in [6.45, 7) is 1.85. The highest BCUT2D eigenvalue weighted by Crippen LogP contribution is 2.27. The lowest BCUT2D eigenvalue weighted by Crippen LogP contribution is -1.89. The van der Waals surface area contributed by atoms with E-state index in [0.717, 1.165) is 11.3 Å².